The molecule has 0 fully saturated rings. The van der Waals surface area contributed by atoms with Crippen LogP contribution in [0.1, 0.15) is 22.3 Å². The zero-order valence-corrected chi connectivity index (χ0v) is 21.3. The summed E-state index contributed by atoms with van der Waals surface area (Å²) in [6.07, 6.45) is 6.22. The van der Waals surface area contributed by atoms with Gasteiger partial charge in [-0.05, 0) is 96.5 Å². The molecule has 39 heavy (non-hydrogen) atoms. The Morgan fingerprint density at radius 3 is 1.33 bits per heavy atom. The van der Waals surface area contributed by atoms with E-state index in [1.54, 1.807) is 24.5 Å². The summed E-state index contributed by atoms with van der Waals surface area (Å²) in [6, 6.07) is 17.9. The predicted octanol–water partition coefficient (Wildman–Crippen LogP) is 7.38. The highest BCUT2D eigenvalue weighted by Gasteiger charge is 2.11. The highest BCUT2D eigenvalue weighted by Crippen LogP contribution is 2.23. The largest absolute Gasteiger partial charge is 0.256 e. The number of nitrogens with zero attached hydrogens (tertiary/aromatic N) is 4. The minimum Gasteiger partial charge on any atom is -0.256 e. The maximum absolute atomic E-state index is 13.9. The minimum absolute atomic E-state index is 0.145. The summed E-state index contributed by atoms with van der Waals surface area (Å²) in [5.74, 6) is -3.54. The molecule has 0 spiro atoms. The van der Waals surface area contributed by atoms with Crippen LogP contribution in [0.25, 0.3) is 22.5 Å². The third-order valence-corrected chi connectivity index (χ3v) is 6.47. The highest BCUT2D eigenvalue weighted by atomic mass is 35.5. The van der Waals surface area contributed by atoms with Crippen LogP contribution in [0.3, 0.4) is 0 Å². The Kier molecular flexibility index (Phi) is 7.93. The first-order valence-electron chi connectivity index (χ1n) is 12.2. The molecule has 0 amide bonds. The molecule has 0 radical (unpaired) electrons. The van der Waals surface area contributed by atoms with E-state index in [1.165, 1.54) is 12.1 Å². The molecule has 0 aliphatic carbocycles. The molecule has 0 aliphatic heterocycles. The van der Waals surface area contributed by atoms with Gasteiger partial charge in [-0.1, -0.05) is 29.8 Å². The minimum atomic E-state index is -0.896. The van der Waals surface area contributed by atoms with Crippen LogP contribution in [-0.2, 0) is 25.7 Å². The molecule has 1 aromatic carbocycles. The lowest BCUT2D eigenvalue weighted by Crippen LogP contribution is -1.98. The molecule has 4 aromatic heterocycles. The molecule has 0 bridgehead atoms. The fourth-order valence-electron chi connectivity index (χ4n) is 4.25. The van der Waals surface area contributed by atoms with Gasteiger partial charge < -0.3 is 0 Å². The van der Waals surface area contributed by atoms with E-state index < -0.39 is 23.8 Å². The monoisotopic (exact) mass is 548 g/mol. The second-order valence-electron chi connectivity index (χ2n) is 9.02. The van der Waals surface area contributed by atoms with Crippen molar-refractivity contribution < 1.29 is 17.6 Å². The van der Waals surface area contributed by atoms with Gasteiger partial charge in [0.1, 0.15) is 0 Å². The average Bonchev–Trinajstić information content (AvgIpc) is 2.91. The smallest absolute Gasteiger partial charge is 0.224 e. The normalized spacial score (nSPS) is 11.1. The molecule has 4 heterocycles. The summed E-state index contributed by atoms with van der Waals surface area (Å²) >= 11 is 6.38. The topological polar surface area (TPSA) is 51.6 Å². The zero-order valence-electron chi connectivity index (χ0n) is 20.5. The average molecular weight is 549 g/mol. The van der Waals surface area contributed by atoms with Gasteiger partial charge in [0, 0.05) is 17.4 Å². The predicted molar refractivity (Wildman–Crippen MR) is 141 cm³/mol. The van der Waals surface area contributed by atoms with E-state index in [1.807, 2.05) is 24.3 Å². The van der Waals surface area contributed by atoms with E-state index >= 15 is 0 Å². The van der Waals surface area contributed by atoms with Gasteiger partial charge in [-0.15, -0.1) is 0 Å². The molecular weight excluding hydrogens is 528 g/mol. The van der Waals surface area contributed by atoms with Crippen molar-refractivity contribution >= 4 is 11.6 Å². The fraction of sp³-hybridized carbons (Fsp3) is 0.133. The van der Waals surface area contributed by atoms with Crippen molar-refractivity contribution in [2.24, 2.45) is 0 Å². The summed E-state index contributed by atoms with van der Waals surface area (Å²) in [6.45, 7) is 0. The highest BCUT2D eigenvalue weighted by molar-refractivity contribution is 6.30. The van der Waals surface area contributed by atoms with Crippen LogP contribution in [0.5, 0.6) is 0 Å². The second kappa shape index (κ2) is 11.7. The molecule has 0 aliphatic rings. The third kappa shape index (κ3) is 6.64. The van der Waals surface area contributed by atoms with Crippen LogP contribution >= 0.6 is 11.6 Å². The van der Waals surface area contributed by atoms with Gasteiger partial charge in [-0.25, -0.2) is 0 Å². The van der Waals surface area contributed by atoms with Gasteiger partial charge >= 0.3 is 0 Å². The number of hydrogen-bond donors (Lipinski definition) is 0. The van der Waals surface area contributed by atoms with Crippen LogP contribution in [0, 0.1) is 23.8 Å². The van der Waals surface area contributed by atoms with Gasteiger partial charge in [0.15, 0.2) is 0 Å². The molecule has 5 rings (SSSR count). The quantitative estimate of drug-likeness (QED) is 0.150. The number of hydrogen-bond acceptors (Lipinski definition) is 4. The maximum atomic E-state index is 13.9. The summed E-state index contributed by atoms with van der Waals surface area (Å²) < 4.78 is 54.0. The van der Waals surface area contributed by atoms with E-state index in [0.29, 0.717) is 29.3 Å². The van der Waals surface area contributed by atoms with Crippen molar-refractivity contribution in [3.63, 3.8) is 0 Å². The Hall–Kier alpha value is -4.17. The third-order valence-electron chi connectivity index (χ3n) is 6.25. The Morgan fingerprint density at radius 1 is 0.513 bits per heavy atom. The van der Waals surface area contributed by atoms with Gasteiger partial charge in [0.05, 0.1) is 22.5 Å². The lowest BCUT2D eigenvalue weighted by molar-refractivity contribution is 0.514. The Balaban J connectivity index is 1.20. The van der Waals surface area contributed by atoms with Crippen molar-refractivity contribution in [2.75, 3.05) is 0 Å². The molecular formula is C30H21ClF4N4. The summed E-state index contributed by atoms with van der Waals surface area (Å²) in [7, 11) is 0. The first-order chi connectivity index (χ1) is 18.8. The van der Waals surface area contributed by atoms with Crippen LogP contribution in [0.2, 0.25) is 5.02 Å². The van der Waals surface area contributed by atoms with Crippen molar-refractivity contribution in [2.45, 2.75) is 25.7 Å². The summed E-state index contributed by atoms with van der Waals surface area (Å²) in [4.78, 5) is 15.0. The van der Waals surface area contributed by atoms with E-state index in [2.05, 4.69) is 26.0 Å². The Bertz CT molecular complexity index is 1490. The first kappa shape index (κ1) is 26.4. The van der Waals surface area contributed by atoms with E-state index in [9.17, 15) is 17.6 Å². The standard InChI is InChI=1S/C30H21ClF4N4/c31-22-14-20(3-1-18-5-9-25(36-16-18)23-7-11-27(32)38-29(23)34)13-21(15-22)4-2-19-6-10-26(37-17-19)24-8-12-28(33)39-30(24)35/h5-17H,1-4H2. The maximum Gasteiger partial charge on any atom is 0.224 e. The molecule has 5 aromatic rings. The van der Waals surface area contributed by atoms with Crippen LogP contribution in [-0.4, -0.2) is 19.9 Å². The second-order valence-corrected chi connectivity index (χ2v) is 9.45. The Labute approximate surface area is 227 Å². The van der Waals surface area contributed by atoms with Crippen molar-refractivity contribution in [3.05, 3.63) is 130 Å². The van der Waals surface area contributed by atoms with E-state index in [0.717, 1.165) is 47.2 Å². The molecule has 9 heteroatoms. The van der Waals surface area contributed by atoms with Crippen molar-refractivity contribution in [3.8, 4) is 22.5 Å². The SMILES string of the molecule is Fc1ccc(-c2ccc(CCc3cc(Cl)cc(CCc4ccc(-c5ccc(F)nc5F)nc4)c3)cn2)c(F)n1. The van der Waals surface area contributed by atoms with Gasteiger partial charge in [0.25, 0.3) is 0 Å². The van der Waals surface area contributed by atoms with Crippen LogP contribution < -0.4 is 0 Å². The molecule has 0 N–H and O–H groups in total. The van der Waals surface area contributed by atoms with Crippen LogP contribution in [0.15, 0.2) is 79.1 Å². The lowest BCUT2D eigenvalue weighted by atomic mass is 9.99. The summed E-state index contributed by atoms with van der Waals surface area (Å²) in [5.41, 5.74) is 5.14. The fourth-order valence-corrected chi connectivity index (χ4v) is 4.53. The number of aromatic nitrogens is 4. The number of rotatable bonds is 8. The van der Waals surface area contributed by atoms with Gasteiger partial charge in [-0.2, -0.15) is 27.5 Å². The van der Waals surface area contributed by atoms with Gasteiger partial charge in [-0.3, -0.25) is 9.97 Å². The van der Waals surface area contributed by atoms with E-state index in [4.69, 9.17) is 11.6 Å². The number of benzene rings is 1. The number of aryl methyl sites for hydroxylation is 4. The van der Waals surface area contributed by atoms with Crippen molar-refractivity contribution in [1.82, 2.24) is 19.9 Å². The molecule has 0 saturated carbocycles. The van der Waals surface area contributed by atoms with Crippen molar-refractivity contribution in [1.29, 1.82) is 0 Å². The number of pyridine rings is 4. The first-order valence-corrected chi connectivity index (χ1v) is 12.5. The molecule has 4 nitrogen and oxygen atoms in total. The molecule has 0 atom stereocenters. The number of halogens is 5. The van der Waals surface area contributed by atoms with Gasteiger partial charge in [0.2, 0.25) is 23.8 Å². The summed E-state index contributed by atoms with van der Waals surface area (Å²) in [5, 5.41) is 0.642. The lowest BCUT2D eigenvalue weighted by Gasteiger charge is -2.09. The van der Waals surface area contributed by atoms with Crippen LogP contribution in [0.4, 0.5) is 17.6 Å². The Morgan fingerprint density at radius 2 is 0.949 bits per heavy atom. The van der Waals surface area contributed by atoms with E-state index in [-0.39, 0.29) is 11.1 Å². The molecule has 0 saturated heterocycles. The molecule has 0 unspecified atom stereocenters. The zero-order chi connectivity index (χ0) is 27.4. The molecule has 196 valence electrons.